The lowest BCUT2D eigenvalue weighted by molar-refractivity contribution is 0.310. The standard InChI is InChI=1S/C15H23NO/c1-12(2)13-8-10-16(11-9-13)14-6-4-5-7-15(14)17-3/h4-7,12-13H,8-11H2,1-3H3. The number of hydrogen-bond acceptors (Lipinski definition) is 2. The molecule has 17 heavy (non-hydrogen) atoms. The first-order chi connectivity index (χ1) is 8.22. The van der Waals surface area contributed by atoms with Gasteiger partial charge in [0, 0.05) is 13.1 Å². The molecule has 0 radical (unpaired) electrons. The van der Waals surface area contributed by atoms with E-state index in [0.717, 1.165) is 30.7 Å². The Kier molecular flexibility index (Phi) is 3.93. The molecule has 0 spiro atoms. The molecule has 0 N–H and O–H groups in total. The summed E-state index contributed by atoms with van der Waals surface area (Å²) in [6, 6.07) is 8.33. The van der Waals surface area contributed by atoms with Crippen molar-refractivity contribution in [3.8, 4) is 5.75 Å². The fourth-order valence-electron chi connectivity index (χ4n) is 2.70. The lowest BCUT2D eigenvalue weighted by atomic mass is 9.86. The number of rotatable bonds is 3. The fraction of sp³-hybridized carbons (Fsp3) is 0.600. The van der Waals surface area contributed by atoms with Gasteiger partial charge in [0.15, 0.2) is 0 Å². The summed E-state index contributed by atoms with van der Waals surface area (Å²) in [6.07, 6.45) is 2.60. The zero-order valence-electron chi connectivity index (χ0n) is 11.1. The number of nitrogens with zero attached hydrogens (tertiary/aromatic N) is 1. The summed E-state index contributed by atoms with van der Waals surface area (Å²) in [7, 11) is 1.75. The van der Waals surface area contributed by atoms with E-state index in [1.807, 2.05) is 12.1 Å². The number of benzene rings is 1. The average molecular weight is 233 g/mol. The number of piperidine rings is 1. The predicted octanol–water partition coefficient (Wildman–Crippen LogP) is 3.57. The Morgan fingerprint density at radius 1 is 1.18 bits per heavy atom. The number of ether oxygens (including phenoxy) is 1. The van der Waals surface area contributed by atoms with Crippen molar-refractivity contribution in [2.24, 2.45) is 11.8 Å². The highest BCUT2D eigenvalue weighted by Gasteiger charge is 2.22. The van der Waals surface area contributed by atoms with Crippen LogP contribution >= 0.6 is 0 Å². The molecule has 2 heteroatoms. The number of anilines is 1. The van der Waals surface area contributed by atoms with Gasteiger partial charge in [-0.1, -0.05) is 26.0 Å². The summed E-state index contributed by atoms with van der Waals surface area (Å²) < 4.78 is 5.43. The number of methoxy groups -OCH3 is 1. The second kappa shape index (κ2) is 5.44. The Bertz CT molecular complexity index is 354. The average Bonchev–Trinajstić information content (AvgIpc) is 2.39. The smallest absolute Gasteiger partial charge is 0.142 e. The largest absolute Gasteiger partial charge is 0.495 e. The van der Waals surface area contributed by atoms with Crippen LogP contribution in [-0.4, -0.2) is 20.2 Å². The monoisotopic (exact) mass is 233 g/mol. The normalized spacial score (nSPS) is 17.5. The first-order valence-electron chi connectivity index (χ1n) is 6.60. The Morgan fingerprint density at radius 3 is 2.41 bits per heavy atom. The minimum atomic E-state index is 0.815. The maximum absolute atomic E-state index is 5.43. The first kappa shape index (κ1) is 12.3. The van der Waals surface area contributed by atoms with Crippen molar-refractivity contribution in [2.75, 3.05) is 25.1 Å². The van der Waals surface area contributed by atoms with Crippen LogP contribution in [0.1, 0.15) is 26.7 Å². The quantitative estimate of drug-likeness (QED) is 0.791. The van der Waals surface area contributed by atoms with Crippen LogP contribution in [0.3, 0.4) is 0 Å². The topological polar surface area (TPSA) is 12.5 Å². The van der Waals surface area contributed by atoms with Crippen LogP contribution in [0, 0.1) is 11.8 Å². The number of hydrogen-bond donors (Lipinski definition) is 0. The highest BCUT2D eigenvalue weighted by Crippen LogP contribution is 2.32. The molecule has 1 aliphatic heterocycles. The maximum atomic E-state index is 5.43. The summed E-state index contributed by atoms with van der Waals surface area (Å²) in [5, 5.41) is 0. The van der Waals surface area contributed by atoms with Crippen molar-refractivity contribution in [2.45, 2.75) is 26.7 Å². The molecule has 0 unspecified atom stereocenters. The van der Waals surface area contributed by atoms with E-state index in [1.165, 1.54) is 18.5 Å². The Morgan fingerprint density at radius 2 is 1.82 bits per heavy atom. The van der Waals surface area contributed by atoms with Gasteiger partial charge < -0.3 is 9.64 Å². The third-order valence-corrected chi connectivity index (χ3v) is 3.91. The van der Waals surface area contributed by atoms with Gasteiger partial charge in [-0.3, -0.25) is 0 Å². The lowest BCUT2D eigenvalue weighted by Gasteiger charge is -2.35. The molecule has 0 saturated carbocycles. The van der Waals surface area contributed by atoms with Crippen LogP contribution in [0.4, 0.5) is 5.69 Å². The predicted molar refractivity (Wildman–Crippen MR) is 72.8 cm³/mol. The lowest BCUT2D eigenvalue weighted by Crippen LogP contribution is -2.35. The van der Waals surface area contributed by atoms with Gasteiger partial charge in [0.1, 0.15) is 5.75 Å². The van der Waals surface area contributed by atoms with E-state index in [4.69, 9.17) is 4.74 Å². The highest BCUT2D eigenvalue weighted by molar-refractivity contribution is 5.58. The SMILES string of the molecule is COc1ccccc1N1CCC(C(C)C)CC1. The molecule has 1 saturated heterocycles. The molecular weight excluding hydrogens is 210 g/mol. The van der Waals surface area contributed by atoms with Crippen molar-refractivity contribution < 1.29 is 4.74 Å². The van der Waals surface area contributed by atoms with E-state index in [-0.39, 0.29) is 0 Å². The molecule has 0 atom stereocenters. The second-order valence-corrected chi connectivity index (χ2v) is 5.24. The van der Waals surface area contributed by atoms with Gasteiger partial charge in [0.25, 0.3) is 0 Å². The summed E-state index contributed by atoms with van der Waals surface area (Å²) in [6.45, 7) is 6.99. The highest BCUT2D eigenvalue weighted by atomic mass is 16.5. The van der Waals surface area contributed by atoms with Crippen LogP contribution in [-0.2, 0) is 0 Å². The molecule has 94 valence electrons. The Hall–Kier alpha value is -1.18. The molecule has 0 aliphatic carbocycles. The van der Waals surface area contributed by atoms with Gasteiger partial charge in [0.2, 0.25) is 0 Å². The maximum Gasteiger partial charge on any atom is 0.142 e. The Balaban J connectivity index is 2.05. The molecule has 2 rings (SSSR count). The van der Waals surface area contributed by atoms with Gasteiger partial charge >= 0.3 is 0 Å². The first-order valence-corrected chi connectivity index (χ1v) is 6.60. The molecule has 1 fully saturated rings. The van der Waals surface area contributed by atoms with Gasteiger partial charge in [-0.15, -0.1) is 0 Å². The summed E-state index contributed by atoms with van der Waals surface area (Å²) >= 11 is 0. The van der Waals surface area contributed by atoms with Crippen LogP contribution in [0.2, 0.25) is 0 Å². The van der Waals surface area contributed by atoms with Gasteiger partial charge in [-0.2, -0.15) is 0 Å². The van der Waals surface area contributed by atoms with Gasteiger partial charge in [-0.25, -0.2) is 0 Å². The number of para-hydroxylation sites is 2. The molecule has 1 heterocycles. The second-order valence-electron chi connectivity index (χ2n) is 5.24. The van der Waals surface area contributed by atoms with Crippen LogP contribution < -0.4 is 9.64 Å². The molecule has 2 nitrogen and oxygen atoms in total. The van der Waals surface area contributed by atoms with Crippen molar-refractivity contribution in [3.05, 3.63) is 24.3 Å². The summed E-state index contributed by atoms with van der Waals surface area (Å²) in [5.74, 6) is 2.70. The fourth-order valence-corrected chi connectivity index (χ4v) is 2.70. The molecule has 1 aliphatic rings. The molecular formula is C15H23NO. The van der Waals surface area contributed by atoms with Crippen LogP contribution in [0.25, 0.3) is 0 Å². The van der Waals surface area contributed by atoms with E-state index in [2.05, 4.69) is 30.9 Å². The van der Waals surface area contributed by atoms with Crippen molar-refractivity contribution in [3.63, 3.8) is 0 Å². The Labute approximate surface area is 105 Å². The van der Waals surface area contributed by atoms with Crippen LogP contribution in [0.15, 0.2) is 24.3 Å². The van der Waals surface area contributed by atoms with Gasteiger partial charge in [0.05, 0.1) is 12.8 Å². The molecule has 0 amide bonds. The van der Waals surface area contributed by atoms with Crippen molar-refractivity contribution in [1.82, 2.24) is 0 Å². The van der Waals surface area contributed by atoms with E-state index in [0.29, 0.717) is 0 Å². The van der Waals surface area contributed by atoms with E-state index in [9.17, 15) is 0 Å². The molecule has 0 bridgehead atoms. The third-order valence-electron chi connectivity index (χ3n) is 3.91. The van der Waals surface area contributed by atoms with E-state index in [1.54, 1.807) is 7.11 Å². The zero-order chi connectivity index (χ0) is 12.3. The summed E-state index contributed by atoms with van der Waals surface area (Å²) in [4.78, 5) is 2.46. The minimum Gasteiger partial charge on any atom is -0.495 e. The molecule has 1 aromatic carbocycles. The van der Waals surface area contributed by atoms with E-state index < -0.39 is 0 Å². The van der Waals surface area contributed by atoms with E-state index >= 15 is 0 Å². The van der Waals surface area contributed by atoms with Crippen molar-refractivity contribution >= 4 is 5.69 Å². The minimum absolute atomic E-state index is 0.815. The zero-order valence-corrected chi connectivity index (χ0v) is 11.1. The summed E-state index contributed by atoms with van der Waals surface area (Å²) in [5.41, 5.74) is 1.25. The molecule has 1 aromatic rings. The molecule has 0 aromatic heterocycles. The van der Waals surface area contributed by atoms with Gasteiger partial charge in [-0.05, 0) is 36.8 Å². The van der Waals surface area contributed by atoms with Crippen molar-refractivity contribution in [1.29, 1.82) is 0 Å². The third kappa shape index (κ3) is 2.74. The van der Waals surface area contributed by atoms with Crippen LogP contribution in [0.5, 0.6) is 5.75 Å².